The second kappa shape index (κ2) is 60.2. The van der Waals surface area contributed by atoms with Crippen LogP contribution in [0.15, 0.2) is 100 Å². The van der Waals surface area contributed by atoms with Gasteiger partial charge in [0, 0.05) is 48.2 Å². The van der Waals surface area contributed by atoms with Crippen LogP contribution in [0.2, 0.25) is 0 Å². The van der Waals surface area contributed by atoms with Crippen molar-refractivity contribution < 1.29 is 133 Å². The number of esters is 9. The highest BCUT2D eigenvalue weighted by molar-refractivity contribution is 6.03. The summed E-state index contributed by atoms with van der Waals surface area (Å²) in [5, 5.41) is 40.3. The van der Waals surface area contributed by atoms with Crippen LogP contribution in [0.3, 0.4) is 0 Å². The first-order valence-electron chi connectivity index (χ1n) is 40.2. The molecule has 0 amide bonds. The maximum absolute atomic E-state index is 11.9. The van der Waals surface area contributed by atoms with Crippen molar-refractivity contribution in [3.05, 3.63) is 156 Å². The Bertz CT molecular complexity index is 5040. The zero-order valence-electron chi connectivity index (χ0n) is 75.2. The predicted molar refractivity (Wildman–Crippen MR) is 464 cm³/mol. The Balaban J connectivity index is 0.000000753. The molecule has 0 saturated carbocycles. The van der Waals surface area contributed by atoms with E-state index in [0.717, 1.165) is 37.1 Å². The fourth-order valence-corrected chi connectivity index (χ4v) is 11.3. The second-order valence-corrected chi connectivity index (χ2v) is 26.6. The van der Waals surface area contributed by atoms with Gasteiger partial charge < -0.3 is 143 Å². The third-order valence-corrected chi connectivity index (χ3v) is 16.9. The molecule has 0 bridgehead atoms. The second-order valence-electron chi connectivity index (χ2n) is 26.6. The number of nitrogens with one attached hydrogen (secondary N) is 7. The van der Waals surface area contributed by atoms with Crippen molar-refractivity contribution in [3.8, 4) is 18.2 Å². The van der Waals surface area contributed by atoms with Crippen LogP contribution in [0.1, 0.15) is 194 Å². The van der Waals surface area contributed by atoms with Crippen LogP contribution in [-0.2, 0) is 105 Å². The van der Waals surface area contributed by atoms with Gasteiger partial charge in [0.15, 0.2) is 17.1 Å². The number of aromatic amines is 6. The van der Waals surface area contributed by atoms with Gasteiger partial charge in [-0.05, 0) is 115 Å². The van der Waals surface area contributed by atoms with E-state index in [-0.39, 0.29) is 135 Å². The van der Waals surface area contributed by atoms with Gasteiger partial charge in [0.25, 0.3) is 5.56 Å². The maximum atomic E-state index is 11.9. The van der Waals surface area contributed by atoms with Gasteiger partial charge in [-0.1, -0.05) is 26.4 Å². The molecule has 8 atom stereocenters. The number of aryl methyl sites for hydroxylation is 1. The highest BCUT2D eigenvalue weighted by Gasteiger charge is 2.57. The summed E-state index contributed by atoms with van der Waals surface area (Å²) in [6.45, 7) is 28.6. The van der Waals surface area contributed by atoms with Crippen molar-refractivity contribution in [2.45, 2.75) is 203 Å². The Hall–Kier alpha value is -14.7. The number of nitrogen functional groups attached to an aromatic ring is 3. The van der Waals surface area contributed by atoms with Gasteiger partial charge in [-0.2, -0.15) is 15.8 Å². The van der Waals surface area contributed by atoms with Gasteiger partial charge in [0.1, 0.15) is 101 Å². The lowest BCUT2D eigenvalue weighted by atomic mass is 10.0. The molecule has 132 heavy (non-hydrogen) atoms. The van der Waals surface area contributed by atoms with E-state index < -0.39 is 93.6 Å². The third kappa shape index (κ3) is 35.8. The highest BCUT2D eigenvalue weighted by atomic mass is 16.8. The number of nitrogens with zero attached hydrogens (tertiary/aromatic N) is 7. The highest BCUT2D eigenvalue weighted by Crippen LogP contribution is 2.49. The van der Waals surface area contributed by atoms with Crippen molar-refractivity contribution >= 4 is 93.8 Å². The van der Waals surface area contributed by atoms with E-state index in [2.05, 4.69) is 95.0 Å². The molecule has 49 nitrogen and oxygen atoms in total. The number of nitrogens with two attached hydrogens (primary N) is 4. The number of hydrogen-bond donors (Lipinski definition) is 11. The molecule has 724 valence electrons. The minimum atomic E-state index is -1.31. The molecule has 49 heteroatoms. The van der Waals surface area contributed by atoms with Crippen molar-refractivity contribution in [2.75, 3.05) is 84.3 Å². The maximum Gasteiger partial charge on any atom is 0.356 e. The minimum Gasteiger partial charge on any atom is -0.500 e. The lowest BCUT2D eigenvalue weighted by Gasteiger charge is -2.23. The van der Waals surface area contributed by atoms with E-state index in [9.17, 15) is 67.6 Å². The summed E-state index contributed by atoms with van der Waals surface area (Å²) < 4.78 is 86.9. The number of anilines is 3. The van der Waals surface area contributed by atoms with Crippen molar-refractivity contribution in [2.24, 2.45) is 5.73 Å². The Morgan fingerprint density at radius 1 is 0.614 bits per heavy atom. The largest absolute Gasteiger partial charge is 0.500 e. The Morgan fingerprint density at radius 3 is 1.52 bits per heavy atom. The van der Waals surface area contributed by atoms with Crippen molar-refractivity contribution in [3.63, 3.8) is 0 Å². The minimum absolute atomic E-state index is 0. The number of rotatable bonds is 26. The number of ether oxygens (including phenoxy) is 16. The molecule has 0 radical (unpaired) electrons. The average molecular weight is 1860 g/mol. The monoisotopic (exact) mass is 1860 g/mol. The summed E-state index contributed by atoms with van der Waals surface area (Å²) in [7, 11) is 2.45. The molecule has 8 unspecified atom stereocenters. The molecule has 11 rings (SSSR count). The first kappa shape index (κ1) is 115. The van der Waals surface area contributed by atoms with Gasteiger partial charge in [-0.15, -0.1) is 0 Å². The number of carbonyl (C=O) groups is 10. The Labute approximate surface area is 757 Å². The zero-order chi connectivity index (χ0) is 98.7. The normalized spacial score (nSPS) is 17.3. The van der Waals surface area contributed by atoms with Gasteiger partial charge in [0.05, 0.1) is 139 Å². The quantitative estimate of drug-likeness (QED) is 0.00311. The van der Waals surface area contributed by atoms with Gasteiger partial charge in [-0.25, -0.2) is 53.1 Å². The Morgan fingerprint density at radius 2 is 1.10 bits per heavy atom. The molecular weight excluding hydrogens is 1750 g/mol. The smallest absolute Gasteiger partial charge is 0.356 e. The number of aldehydes is 1. The molecule has 7 aromatic heterocycles. The molecule has 11 heterocycles. The number of fused-ring (bicyclic) bond motifs is 3. The number of H-pyrrole nitrogens is 6. The molecule has 4 aliphatic heterocycles. The van der Waals surface area contributed by atoms with Crippen LogP contribution in [0.5, 0.6) is 0 Å². The van der Waals surface area contributed by atoms with Gasteiger partial charge in [-0.3, -0.25) is 19.7 Å². The standard InChI is InChI=1S/C16H24N2O5.C15H19N3O4.C10H14N2O4.C8H10N2O4.C8H11NO3.C7H10N2O2.C7H13NO4.C5H5N3O3.2C3H3NO.CH4/c1-5-9-13-14(23-16(3,4)22-13)12(21-9)8-7-18-11(10(8)17)15(19)20-6-2;1-4-8-12-13(22-15(2,3)21-12)11(20-8)7-5-16-10-9(7)17-6-18-14(10)19;1-3-15-9(13)8(10(14)16-4-2)12-7-5-6-11;1-13-7(11)4-3-10-6(5(4)9)8(12)14-2;1-3-11-6-7(5-9)8(10)12-4-2;1-2-11-7(10)6-5(8)3-4-9-6;1-3-11-6(9)5(8)7(10)12-4-2;1-3-4(8(10)11)5(9)7-2-6-3;1-2-4-5-3-1;4-2-1-3-5;/h7,9,12-14,18H,5-6,17H2,1-4H3;5-6,8,11-13,16H,4H2,1-3H3,(H,17,18,19);5,7-8,12H,3-4H2,1-2H3;3,10H,9H2,1-2H3;6H,3-4H2,1-2H3;3-4,9H,2,8H2,1H3;5H,3-4,8H2,1-2H3;2H,1H3,(H,6,7,9);1-3H;3H,1H2;1H4. The molecule has 4 aliphatic rings. The third-order valence-electron chi connectivity index (χ3n) is 16.9. The summed E-state index contributed by atoms with van der Waals surface area (Å²) in [6.07, 6.45) is 16.2. The summed E-state index contributed by atoms with van der Waals surface area (Å²) in [4.78, 5) is 165. The van der Waals surface area contributed by atoms with Gasteiger partial charge >= 0.3 is 65.0 Å². The van der Waals surface area contributed by atoms with Crippen LogP contribution < -0.4 is 39.4 Å². The first-order valence-corrected chi connectivity index (χ1v) is 40.2. The first-order chi connectivity index (χ1) is 62.3. The molecule has 7 aromatic rings. The lowest BCUT2D eigenvalue weighted by Crippen LogP contribution is -2.43. The summed E-state index contributed by atoms with van der Waals surface area (Å²) in [6, 6.07) is 5.84. The number of carbonyl (C=O) groups excluding carboxylic acids is 10. The summed E-state index contributed by atoms with van der Waals surface area (Å²) >= 11 is 0. The zero-order valence-corrected chi connectivity index (χ0v) is 75.2. The predicted octanol–water partition coefficient (Wildman–Crippen LogP) is 6.65. The average Bonchev–Trinajstić information content (AvgIpc) is 1.59. The molecular formula is C83H116N18O31. The number of hydrogen-bond acceptors (Lipinski definition) is 42. The number of nitriles is 3. The van der Waals surface area contributed by atoms with Crippen LogP contribution in [0, 0.1) is 51.0 Å². The Kier molecular flexibility index (Phi) is 52.6. The summed E-state index contributed by atoms with van der Waals surface area (Å²) in [5.74, 6) is -7.00. The van der Waals surface area contributed by atoms with E-state index in [1.807, 2.05) is 34.6 Å². The van der Waals surface area contributed by atoms with Crippen LogP contribution in [0.25, 0.3) is 11.0 Å². The molecule has 4 saturated heterocycles. The van der Waals surface area contributed by atoms with E-state index in [4.69, 9.17) is 81.4 Å². The fraction of sp³-hybridized carbons (Fsp3) is 0.494. The van der Waals surface area contributed by atoms with Crippen LogP contribution in [-0.4, -0.2) is 237 Å². The fourth-order valence-electron chi connectivity index (χ4n) is 11.3. The van der Waals surface area contributed by atoms with E-state index in [1.165, 1.54) is 46.1 Å². The van der Waals surface area contributed by atoms with Crippen LogP contribution in [0.4, 0.5) is 22.7 Å². The molecule has 4 fully saturated rings. The van der Waals surface area contributed by atoms with Crippen LogP contribution >= 0.6 is 0 Å². The van der Waals surface area contributed by atoms with E-state index in [0.29, 0.717) is 59.8 Å². The summed E-state index contributed by atoms with van der Waals surface area (Å²) in [5.41, 5.74) is 25.1. The topological polar surface area (TPSA) is 730 Å². The SMILES string of the molecule is C.CCC1OC(c2c[nH]c3c(=O)[nH]cnc23)C2OC(C)(C)OC12.CCOC(=O)C(N)C(=O)OCC.CCOC(=O)C(NC=CC#N)C(=O)OCC.CCOC(=O)c1[nH]cc(C2OC(CC)C3OC(C)(C)OC23)c1N.CCOC(=O)c1[nH]ccc1N.CCOC=C(C#N)C(=O)OCC.COC(=O)c1c[nH]c(C(=O)OC)c1N.Cc1nc[nH]c(=O)c1[N+](=O)[O-].N#CCC=O.c1cnoc1. The lowest BCUT2D eigenvalue weighted by molar-refractivity contribution is -0.387. The molecule has 0 spiro atoms. The molecule has 15 N–H and O–H groups in total. The number of nitro groups is 1. The molecule has 0 aromatic carbocycles. The van der Waals surface area contributed by atoms with E-state index in [1.54, 1.807) is 111 Å². The van der Waals surface area contributed by atoms with Crippen molar-refractivity contribution in [1.29, 1.82) is 15.8 Å². The van der Waals surface area contributed by atoms with E-state index >= 15 is 0 Å². The molecule has 0 aliphatic carbocycles. The van der Waals surface area contributed by atoms with Crippen molar-refractivity contribution in [1.82, 2.24) is 50.3 Å². The number of aromatic nitrogens is 9. The van der Waals surface area contributed by atoms with Gasteiger partial charge in [0.2, 0.25) is 12.1 Å². The number of allylic oxidation sites excluding steroid dienone is 1. The number of methoxy groups -OCH3 is 2.